The van der Waals surface area contributed by atoms with E-state index in [1.807, 2.05) is 0 Å². The van der Waals surface area contributed by atoms with Crippen molar-refractivity contribution in [1.82, 2.24) is 0 Å². The van der Waals surface area contributed by atoms with Crippen LogP contribution in [0.3, 0.4) is 0 Å². The van der Waals surface area contributed by atoms with Crippen molar-refractivity contribution in [2.45, 2.75) is 18.6 Å². The largest absolute Gasteiger partial charge is 0.497 e. The lowest BCUT2D eigenvalue weighted by Gasteiger charge is -2.19. The number of rotatable bonds is 5. The molecule has 1 fully saturated rings. The van der Waals surface area contributed by atoms with Crippen LogP contribution in [-0.4, -0.2) is 32.1 Å². The highest BCUT2D eigenvalue weighted by Gasteiger charge is 2.41. The molecule has 6 nitrogen and oxygen atoms in total. The fourth-order valence-electron chi connectivity index (χ4n) is 2.95. The van der Waals surface area contributed by atoms with Crippen LogP contribution >= 0.6 is 0 Å². The molecule has 2 aromatic carbocycles. The first-order valence-electron chi connectivity index (χ1n) is 8.27. The first-order chi connectivity index (χ1) is 13.2. The molecule has 1 aliphatic heterocycles. The number of benzene rings is 2. The zero-order chi connectivity index (χ0) is 20.5. The van der Waals surface area contributed by atoms with Gasteiger partial charge in [0.2, 0.25) is 5.91 Å². The quantitative estimate of drug-likeness (QED) is 0.787. The van der Waals surface area contributed by atoms with Crippen LogP contribution in [0.25, 0.3) is 0 Å². The number of halogens is 3. The molecule has 1 heterocycles. The summed E-state index contributed by atoms with van der Waals surface area (Å²) >= 11 is 0. The Morgan fingerprint density at radius 2 is 1.82 bits per heavy atom. The van der Waals surface area contributed by atoms with Gasteiger partial charge >= 0.3 is 6.18 Å². The van der Waals surface area contributed by atoms with E-state index in [2.05, 4.69) is 5.32 Å². The van der Waals surface area contributed by atoms with Crippen LogP contribution in [0.1, 0.15) is 12.0 Å². The third-order valence-corrected chi connectivity index (χ3v) is 4.31. The van der Waals surface area contributed by atoms with E-state index >= 15 is 0 Å². The standard InChI is InChI=1S/C19H17F3N2O4/c1-27-13-6-7-15(16(9-13)28-2)24-17(25)10-14(18(24)26)23-12-5-3-4-11(8-12)19(20,21)22/h3-9,14,23H,10H2,1-2H3/t14-/m0/s1. The first-order valence-corrected chi connectivity index (χ1v) is 8.27. The van der Waals surface area contributed by atoms with Gasteiger partial charge in [0.15, 0.2) is 0 Å². The molecule has 148 valence electrons. The van der Waals surface area contributed by atoms with Crippen molar-refractivity contribution >= 4 is 23.2 Å². The topological polar surface area (TPSA) is 67.9 Å². The van der Waals surface area contributed by atoms with Gasteiger partial charge in [0.25, 0.3) is 5.91 Å². The molecule has 1 atom stereocenters. The molecule has 2 amide bonds. The molecule has 0 saturated carbocycles. The Hall–Kier alpha value is -3.23. The van der Waals surface area contributed by atoms with Gasteiger partial charge in [-0.2, -0.15) is 13.2 Å². The van der Waals surface area contributed by atoms with Crippen molar-refractivity contribution in [3.8, 4) is 11.5 Å². The minimum absolute atomic E-state index is 0.101. The fraction of sp³-hybridized carbons (Fsp3) is 0.263. The number of hydrogen-bond acceptors (Lipinski definition) is 5. The Morgan fingerprint density at radius 3 is 2.46 bits per heavy atom. The summed E-state index contributed by atoms with van der Waals surface area (Å²) in [7, 11) is 2.86. The summed E-state index contributed by atoms with van der Waals surface area (Å²) < 4.78 is 48.9. The number of anilines is 2. The molecular weight excluding hydrogens is 377 g/mol. The maximum Gasteiger partial charge on any atom is 0.416 e. The van der Waals surface area contributed by atoms with Crippen LogP contribution in [0.2, 0.25) is 0 Å². The second-order valence-corrected chi connectivity index (χ2v) is 6.08. The van der Waals surface area contributed by atoms with Crippen molar-refractivity contribution in [2.24, 2.45) is 0 Å². The van der Waals surface area contributed by atoms with Crippen molar-refractivity contribution in [3.05, 3.63) is 48.0 Å². The normalized spacial score (nSPS) is 17.0. The Bertz CT molecular complexity index is 914. The summed E-state index contributed by atoms with van der Waals surface area (Å²) in [4.78, 5) is 26.2. The Morgan fingerprint density at radius 1 is 1.07 bits per heavy atom. The van der Waals surface area contributed by atoms with Crippen molar-refractivity contribution < 1.29 is 32.2 Å². The van der Waals surface area contributed by atoms with Crippen LogP contribution in [0, 0.1) is 0 Å². The summed E-state index contributed by atoms with van der Waals surface area (Å²) in [5.74, 6) is -0.317. The smallest absolute Gasteiger partial charge is 0.416 e. The third-order valence-electron chi connectivity index (χ3n) is 4.31. The number of nitrogens with zero attached hydrogens (tertiary/aromatic N) is 1. The molecule has 0 aliphatic carbocycles. The molecular formula is C19H17F3N2O4. The maximum absolute atomic E-state index is 12.9. The zero-order valence-electron chi connectivity index (χ0n) is 15.0. The second kappa shape index (κ2) is 7.41. The lowest BCUT2D eigenvalue weighted by atomic mass is 10.1. The van der Waals surface area contributed by atoms with E-state index in [-0.39, 0.29) is 23.5 Å². The highest BCUT2D eigenvalue weighted by Crippen LogP contribution is 2.36. The van der Waals surface area contributed by atoms with Crippen LogP contribution in [0.4, 0.5) is 24.5 Å². The number of imide groups is 1. The molecule has 28 heavy (non-hydrogen) atoms. The highest BCUT2D eigenvalue weighted by molar-refractivity contribution is 6.23. The predicted octanol–water partition coefficient (Wildman–Crippen LogP) is 3.47. The summed E-state index contributed by atoms with van der Waals surface area (Å²) in [6.45, 7) is 0. The average Bonchev–Trinajstić information content (AvgIpc) is 2.94. The summed E-state index contributed by atoms with van der Waals surface area (Å²) in [6.07, 6.45) is -4.69. The van der Waals surface area contributed by atoms with Crippen LogP contribution in [0.15, 0.2) is 42.5 Å². The number of nitrogens with one attached hydrogen (secondary N) is 1. The van der Waals surface area contributed by atoms with Gasteiger partial charge in [-0.1, -0.05) is 6.07 Å². The van der Waals surface area contributed by atoms with Gasteiger partial charge in [-0.05, 0) is 30.3 Å². The number of amides is 2. The molecule has 1 saturated heterocycles. The van der Waals surface area contributed by atoms with Gasteiger partial charge in [-0.25, -0.2) is 4.90 Å². The van der Waals surface area contributed by atoms with Gasteiger partial charge in [0.05, 0.1) is 31.9 Å². The van der Waals surface area contributed by atoms with Gasteiger partial charge in [0.1, 0.15) is 17.5 Å². The molecule has 0 spiro atoms. The van der Waals surface area contributed by atoms with Gasteiger partial charge < -0.3 is 14.8 Å². The zero-order valence-corrected chi connectivity index (χ0v) is 15.0. The monoisotopic (exact) mass is 394 g/mol. The average molecular weight is 394 g/mol. The predicted molar refractivity (Wildman–Crippen MR) is 95.5 cm³/mol. The lowest BCUT2D eigenvalue weighted by molar-refractivity contribution is -0.137. The van der Waals surface area contributed by atoms with E-state index in [0.717, 1.165) is 17.0 Å². The molecule has 3 rings (SSSR count). The lowest BCUT2D eigenvalue weighted by Crippen LogP contribution is -2.35. The molecule has 0 aromatic heterocycles. The summed E-state index contributed by atoms with van der Waals surface area (Å²) in [5.41, 5.74) is -0.501. The van der Waals surface area contributed by atoms with Crippen molar-refractivity contribution in [2.75, 3.05) is 24.4 Å². The Labute approximate surface area is 158 Å². The minimum atomic E-state index is -4.50. The molecule has 9 heteroatoms. The Balaban J connectivity index is 1.85. The van der Waals surface area contributed by atoms with Gasteiger partial charge in [-0.3, -0.25) is 9.59 Å². The molecule has 1 N–H and O–H groups in total. The SMILES string of the molecule is COc1ccc(N2C(=O)C[C@H](Nc3cccc(C(F)(F)F)c3)C2=O)c(OC)c1. The summed E-state index contributed by atoms with van der Waals surface area (Å²) in [6, 6.07) is 8.11. The van der Waals surface area contributed by atoms with E-state index in [1.54, 1.807) is 6.07 Å². The van der Waals surface area contributed by atoms with Crippen molar-refractivity contribution in [1.29, 1.82) is 0 Å². The number of carbonyl (C=O) groups excluding carboxylic acids is 2. The fourth-order valence-corrected chi connectivity index (χ4v) is 2.95. The minimum Gasteiger partial charge on any atom is -0.497 e. The van der Waals surface area contributed by atoms with E-state index in [1.165, 1.54) is 38.5 Å². The molecule has 1 aliphatic rings. The maximum atomic E-state index is 12.9. The van der Waals surface area contributed by atoms with E-state index in [4.69, 9.17) is 9.47 Å². The first kappa shape index (κ1) is 19.5. The van der Waals surface area contributed by atoms with Crippen LogP contribution in [-0.2, 0) is 15.8 Å². The highest BCUT2D eigenvalue weighted by atomic mass is 19.4. The van der Waals surface area contributed by atoms with Crippen molar-refractivity contribution in [3.63, 3.8) is 0 Å². The molecule has 2 aromatic rings. The molecule has 0 unspecified atom stereocenters. The van der Waals surface area contributed by atoms with Crippen LogP contribution in [0.5, 0.6) is 11.5 Å². The molecule has 0 bridgehead atoms. The number of ether oxygens (including phenoxy) is 2. The third kappa shape index (κ3) is 3.73. The second-order valence-electron chi connectivity index (χ2n) is 6.08. The molecule has 0 radical (unpaired) electrons. The Kier molecular flexibility index (Phi) is 5.17. The van der Waals surface area contributed by atoms with Gasteiger partial charge in [0, 0.05) is 11.8 Å². The summed E-state index contributed by atoms with van der Waals surface area (Å²) in [5, 5.41) is 2.72. The van der Waals surface area contributed by atoms with Gasteiger partial charge in [-0.15, -0.1) is 0 Å². The number of carbonyl (C=O) groups is 2. The van der Waals surface area contributed by atoms with E-state index in [0.29, 0.717) is 5.75 Å². The number of alkyl halides is 3. The van der Waals surface area contributed by atoms with E-state index < -0.39 is 29.6 Å². The number of methoxy groups -OCH3 is 2. The number of hydrogen-bond donors (Lipinski definition) is 1. The van der Waals surface area contributed by atoms with Crippen LogP contribution < -0.4 is 19.7 Å². The van der Waals surface area contributed by atoms with E-state index in [9.17, 15) is 22.8 Å².